The number of ether oxygens (including phenoxy) is 2. The van der Waals surface area contributed by atoms with Crippen LogP contribution in [0.5, 0.6) is 0 Å². The Morgan fingerprint density at radius 1 is 0.769 bits per heavy atom. The van der Waals surface area contributed by atoms with Crippen LogP contribution in [0.1, 0.15) is 74.0 Å². The van der Waals surface area contributed by atoms with Crippen LogP contribution in [0.15, 0.2) is 119 Å². The molecule has 5 aromatic rings. The number of nitrogens with one attached hydrogen (secondary N) is 2. The predicted molar refractivity (Wildman–Crippen MR) is 199 cm³/mol. The average Bonchev–Trinajstić information content (AvgIpc) is 3.63. The highest BCUT2D eigenvalue weighted by Gasteiger charge is 2.33. The highest BCUT2D eigenvalue weighted by atomic mass is 32.2. The molecular formula is C41H43N3O7S. The monoisotopic (exact) mass is 721 g/mol. The van der Waals surface area contributed by atoms with Gasteiger partial charge < -0.3 is 24.3 Å². The van der Waals surface area contributed by atoms with Gasteiger partial charge in [0.05, 0.1) is 18.8 Å². The second kappa shape index (κ2) is 18.6. The number of amides is 2. The van der Waals surface area contributed by atoms with E-state index in [1.807, 2.05) is 109 Å². The number of aromatic nitrogens is 1. The molecule has 3 atom stereocenters. The van der Waals surface area contributed by atoms with Crippen molar-refractivity contribution in [1.82, 2.24) is 10.5 Å². The Hall–Kier alpha value is -4.78. The zero-order valence-corrected chi connectivity index (χ0v) is 29.6. The summed E-state index contributed by atoms with van der Waals surface area (Å²) in [5.41, 5.74) is 7.58. The third-order valence-electron chi connectivity index (χ3n) is 8.82. The van der Waals surface area contributed by atoms with E-state index in [1.165, 1.54) is 11.8 Å². The van der Waals surface area contributed by atoms with Crippen LogP contribution in [0, 0.1) is 0 Å². The molecule has 11 heteroatoms. The molecule has 0 radical (unpaired) electrons. The van der Waals surface area contributed by atoms with Crippen molar-refractivity contribution in [2.75, 3.05) is 11.1 Å². The third-order valence-corrected chi connectivity index (χ3v) is 9.78. The number of aliphatic hydroxyl groups excluding tert-OH is 1. The number of hydrogen-bond donors (Lipinski definition) is 4. The molecule has 1 saturated heterocycles. The minimum atomic E-state index is -0.695. The van der Waals surface area contributed by atoms with Gasteiger partial charge in [0.1, 0.15) is 5.69 Å². The molecule has 0 saturated carbocycles. The van der Waals surface area contributed by atoms with Crippen LogP contribution < -0.4 is 10.8 Å². The van der Waals surface area contributed by atoms with Crippen LogP contribution in [0.25, 0.3) is 22.6 Å². The van der Waals surface area contributed by atoms with Crippen LogP contribution >= 0.6 is 11.8 Å². The Labute approximate surface area is 307 Å². The van der Waals surface area contributed by atoms with Crippen LogP contribution in [0.4, 0.5) is 5.69 Å². The van der Waals surface area contributed by atoms with Crippen molar-refractivity contribution in [3.05, 3.63) is 126 Å². The molecule has 270 valence electrons. The Balaban J connectivity index is 1.15. The van der Waals surface area contributed by atoms with Crippen LogP contribution in [0.3, 0.4) is 0 Å². The molecule has 0 unspecified atom stereocenters. The minimum Gasteiger partial charge on any atom is -0.431 e. The van der Waals surface area contributed by atoms with Gasteiger partial charge in [-0.1, -0.05) is 122 Å². The lowest BCUT2D eigenvalue weighted by Crippen LogP contribution is -2.31. The topological polar surface area (TPSA) is 143 Å². The van der Waals surface area contributed by atoms with Gasteiger partial charge in [0.15, 0.2) is 12.1 Å². The molecule has 1 aliphatic rings. The first-order valence-corrected chi connectivity index (χ1v) is 18.6. The Bertz CT molecular complexity index is 1830. The van der Waals surface area contributed by atoms with Crippen molar-refractivity contribution in [2.45, 2.75) is 75.3 Å². The van der Waals surface area contributed by atoms with Gasteiger partial charge in [0.2, 0.25) is 11.8 Å². The zero-order chi connectivity index (χ0) is 36.1. The van der Waals surface area contributed by atoms with Crippen LogP contribution in [-0.4, -0.2) is 39.0 Å². The molecule has 10 nitrogen and oxygen atoms in total. The summed E-state index contributed by atoms with van der Waals surface area (Å²) in [5, 5.41) is 21.7. The van der Waals surface area contributed by atoms with Crippen LogP contribution in [0.2, 0.25) is 0 Å². The van der Waals surface area contributed by atoms with Gasteiger partial charge in [-0.2, -0.15) is 0 Å². The summed E-state index contributed by atoms with van der Waals surface area (Å²) in [7, 11) is 0. The molecule has 1 fully saturated rings. The highest BCUT2D eigenvalue weighted by molar-refractivity contribution is 7.99. The van der Waals surface area contributed by atoms with Gasteiger partial charge in [0.25, 0.3) is 5.22 Å². The molecule has 0 aliphatic carbocycles. The molecule has 6 rings (SSSR count). The number of aliphatic hydroxyl groups is 1. The number of carbonyl (C=O) groups is 2. The lowest BCUT2D eigenvalue weighted by atomic mass is 10.0. The van der Waals surface area contributed by atoms with Crippen molar-refractivity contribution < 1.29 is 33.8 Å². The van der Waals surface area contributed by atoms with E-state index in [4.69, 9.17) is 24.1 Å². The average molecular weight is 722 g/mol. The van der Waals surface area contributed by atoms with Crippen molar-refractivity contribution in [3.63, 3.8) is 0 Å². The first-order chi connectivity index (χ1) is 25.5. The van der Waals surface area contributed by atoms with E-state index in [-0.39, 0.29) is 31.1 Å². The van der Waals surface area contributed by atoms with Gasteiger partial charge >= 0.3 is 0 Å². The van der Waals surface area contributed by atoms with Crippen LogP contribution in [-0.2, 0) is 25.7 Å². The number of nitrogens with zero attached hydrogens (tertiary/aromatic N) is 1. The molecule has 0 bridgehead atoms. The molecule has 2 amide bonds. The lowest BCUT2D eigenvalue weighted by Gasteiger charge is -2.36. The number of anilines is 1. The Morgan fingerprint density at radius 2 is 1.46 bits per heavy atom. The molecule has 52 heavy (non-hydrogen) atoms. The predicted octanol–water partition coefficient (Wildman–Crippen LogP) is 8.62. The number of thioether (sulfide) groups is 1. The number of hydrogen-bond acceptors (Lipinski definition) is 9. The minimum absolute atomic E-state index is 0.0369. The van der Waals surface area contributed by atoms with E-state index in [0.29, 0.717) is 48.1 Å². The quantitative estimate of drug-likeness (QED) is 0.0341. The fourth-order valence-corrected chi connectivity index (χ4v) is 6.93. The Morgan fingerprint density at radius 3 is 2.15 bits per heavy atom. The summed E-state index contributed by atoms with van der Waals surface area (Å²) in [6.45, 7) is -0.0369. The number of oxazole rings is 1. The molecule has 2 heterocycles. The molecular weight excluding hydrogens is 679 g/mol. The second-order valence-electron chi connectivity index (χ2n) is 12.7. The summed E-state index contributed by atoms with van der Waals surface area (Å²) in [6, 6.07) is 35.3. The van der Waals surface area contributed by atoms with E-state index in [9.17, 15) is 14.7 Å². The second-order valence-corrected chi connectivity index (χ2v) is 13.6. The first kappa shape index (κ1) is 37.0. The van der Waals surface area contributed by atoms with Crippen molar-refractivity contribution in [1.29, 1.82) is 0 Å². The largest absolute Gasteiger partial charge is 0.431 e. The van der Waals surface area contributed by atoms with Gasteiger partial charge in [-0.25, -0.2) is 10.5 Å². The van der Waals surface area contributed by atoms with E-state index in [2.05, 4.69) is 5.32 Å². The third kappa shape index (κ3) is 10.2. The maximum Gasteiger partial charge on any atom is 0.256 e. The SMILES string of the molecule is O=C(CCCCCCC(=O)Nc1cccc([C@H]2O[C@@H](CSc3nc(-c4ccccc4)c(-c4ccccc4)o3)C[C@@H](c3ccc(CO)cc3)O2)c1)NO. The lowest BCUT2D eigenvalue weighted by molar-refractivity contribution is -0.245. The molecule has 4 N–H and O–H groups in total. The van der Waals surface area contributed by atoms with Gasteiger partial charge in [-0.15, -0.1) is 0 Å². The number of hydroxylamine groups is 1. The zero-order valence-electron chi connectivity index (χ0n) is 28.8. The van der Waals surface area contributed by atoms with E-state index in [1.54, 1.807) is 5.48 Å². The van der Waals surface area contributed by atoms with E-state index < -0.39 is 12.2 Å². The summed E-state index contributed by atoms with van der Waals surface area (Å²) in [5.74, 6) is 0.786. The first-order valence-electron chi connectivity index (χ1n) is 17.6. The number of carbonyl (C=O) groups excluding carboxylic acids is 2. The summed E-state index contributed by atoms with van der Waals surface area (Å²) >= 11 is 1.50. The van der Waals surface area contributed by atoms with E-state index >= 15 is 0 Å². The summed E-state index contributed by atoms with van der Waals surface area (Å²) < 4.78 is 19.5. The van der Waals surface area contributed by atoms with Crippen molar-refractivity contribution in [2.24, 2.45) is 0 Å². The van der Waals surface area contributed by atoms with Gasteiger partial charge in [-0.05, 0) is 36.1 Å². The van der Waals surface area contributed by atoms with Crippen molar-refractivity contribution in [3.8, 4) is 22.6 Å². The fraction of sp³-hybridized carbons (Fsp3) is 0.293. The summed E-state index contributed by atoms with van der Waals surface area (Å²) in [4.78, 5) is 28.8. The number of rotatable bonds is 16. The molecule has 1 aliphatic heterocycles. The Kier molecular flexibility index (Phi) is 13.3. The number of benzene rings is 4. The highest BCUT2D eigenvalue weighted by Crippen LogP contribution is 2.41. The summed E-state index contributed by atoms with van der Waals surface area (Å²) in [6.07, 6.45) is 2.99. The smallest absolute Gasteiger partial charge is 0.256 e. The fourth-order valence-electron chi connectivity index (χ4n) is 6.09. The maximum absolute atomic E-state index is 12.7. The van der Waals surface area contributed by atoms with Gasteiger partial charge in [-0.3, -0.25) is 14.8 Å². The number of unbranched alkanes of at least 4 members (excludes halogenated alkanes) is 3. The maximum atomic E-state index is 12.7. The molecule has 1 aromatic heterocycles. The molecule has 0 spiro atoms. The standard InChI is InChI=1S/C41H43N3O7S/c45-26-28-20-22-29(23-21-28)35-25-34(27-52-41-43-38(30-12-5-3-6-13-30)39(51-41)31-14-7-4-8-15-31)49-40(50-35)32-16-11-17-33(24-32)42-36(46)18-9-1-2-10-19-37(47)44-48/h3-8,11-17,20-24,34-35,40,45,48H,1-2,9-10,18-19,25-27H2,(H,42,46)(H,44,47)/t34-,35+,40+/m1/s1. The van der Waals surface area contributed by atoms with E-state index in [0.717, 1.165) is 46.4 Å². The molecule has 4 aromatic carbocycles. The van der Waals surface area contributed by atoms with Gasteiger partial charge in [0, 0.05) is 47.4 Å². The normalized spacial score (nSPS) is 17.1. The van der Waals surface area contributed by atoms with Crippen molar-refractivity contribution >= 4 is 29.3 Å².